The van der Waals surface area contributed by atoms with Crippen molar-refractivity contribution in [3.8, 4) is 0 Å². The molecule has 1 aliphatic heterocycles. The van der Waals surface area contributed by atoms with Crippen LogP contribution in [0.2, 0.25) is 0 Å². The molecule has 0 radical (unpaired) electrons. The van der Waals surface area contributed by atoms with E-state index in [1.54, 1.807) is 0 Å². The Bertz CT molecular complexity index is 455. The number of hydrogen-bond donors (Lipinski definition) is 2. The van der Waals surface area contributed by atoms with Gasteiger partial charge in [-0.3, -0.25) is 4.79 Å². The summed E-state index contributed by atoms with van der Waals surface area (Å²) in [4.78, 5) is 12.1. The molecule has 2 N–H and O–H groups in total. The van der Waals surface area contributed by atoms with Crippen LogP contribution >= 0.6 is 12.4 Å². The molecule has 1 atom stereocenters. The zero-order valence-corrected chi connectivity index (χ0v) is 11.9. The zero-order chi connectivity index (χ0) is 12.4. The number of aryl methyl sites for hydroxylation is 2. The molecule has 1 aromatic carbocycles. The standard InChI is InChI=1S/C15H20N2O.ClH/c18-15(17-10-11-6-7-16-9-11)14-5-4-12-2-1-3-13(12)8-14;/h4-5,8,11,16H,1-3,6-7,9-10H2,(H,17,18);1H. The van der Waals surface area contributed by atoms with Gasteiger partial charge >= 0.3 is 0 Å². The monoisotopic (exact) mass is 280 g/mol. The van der Waals surface area contributed by atoms with Crippen molar-refractivity contribution in [2.24, 2.45) is 5.92 Å². The highest BCUT2D eigenvalue weighted by atomic mass is 35.5. The Kier molecular flexibility index (Phi) is 4.83. The van der Waals surface area contributed by atoms with Crippen LogP contribution in [0.15, 0.2) is 18.2 Å². The normalized spacial score (nSPS) is 20.7. The highest BCUT2D eigenvalue weighted by Crippen LogP contribution is 2.22. The topological polar surface area (TPSA) is 41.1 Å². The average molecular weight is 281 g/mol. The molecule has 104 valence electrons. The number of nitrogens with one attached hydrogen (secondary N) is 2. The second kappa shape index (κ2) is 6.40. The number of rotatable bonds is 3. The zero-order valence-electron chi connectivity index (χ0n) is 11.1. The largest absolute Gasteiger partial charge is 0.352 e. The molecule has 2 aliphatic rings. The smallest absolute Gasteiger partial charge is 0.251 e. The van der Waals surface area contributed by atoms with Crippen LogP contribution in [0.25, 0.3) is 0 Å². The lowest BCUT2D eigenvalue weighted by Gasteiger charge is -2.10. The van der Waals surface area contributed by atoms with Gasteiger partial charge < -0.3 is 10.6 Å². The molecule has 3 nitrogen and oxygen atoms in total. The molecule has 1 heterocycles. The SMILES string of the molecule is Cl.O=C(NCC1CCNC1)c1ccc2c(c1)CCC2. The highest BCUT2D eigenvalue weighted by molar-refractivity contribution is 5.94. The van der Waals surface area contributed by atoms with Gasteiger partial charge in [0.25, 0.3) is 5.91 Å². The molecule has 1 amide bonds. The molecule has 4 heteroatoms. The van der Waals surface area contributed by atoms with E-state index in [1.807, 2.05) is 6.07 Å². The summed E-state index contributed by atoms with van der Waals surface area (Å²) in [6, 6.07) is 6.16. The lowest BCUT2D eigenvalue weighted by molar-refractivity contribution is 0.0948. The Morgan fingerprint density at radius 1 is 1.32 bits per heavy atom. The van der Waals surface area contributed by atoms with E-state index >= 15 is 0 Å². The minimum atomic E-state index is 0. The summed E-state index contributed by atoms with van der Waals surface area (Å²) in [7, 11) is 0. The van der Waals surface area contributed by atoms with Crippen molar-refractivity contribution in [2.75, 3.05) is 19.6 Å². The van der Waals surface area contributed by atoms with Crippen LogP contribution < -0.4 is 10.6 Å². The molecule has 1 unspecified atom stereocenters. The summed E-state index contributed by atoms with van der Waals surface area (Å²) in [5.41, 5.74) is 3.61. The van der Waals surface area contributed by atoms with Crippen molar-refractivity contribution in [1.82, 2.24) is 10.6 Å². The average Bonchev–Trinajstić information content (AvgIpc) is 3.05. The molecule has 0 spiro atoms. The maximum atomic E-state index is 12.1. The molecule has 3 rings (SSSR count). The van der Waals surface area contributed by atoms with Gasteiger partial charge in [0.05, 0.1) is 0 Å². The number of benzene rings is 1. The first kappa shape index (κ1) is 14.4. The third-order valence-corrected chi connectivity index (χ3v) is 4.07. The molecular formula is C15H21ClN2O. The molecule has 0 aromatic heterocycles. The van der Waals surface area contributed by atoms with Gasteiger partial charge in [0.15, 0.2) is 0 Å². The van der Waals surface area contributed by atoms with E-state index in [2.05, 4.69) is 22.8 Å². The van der Waals surface area contributed by atoms with Crippen molar-refractivity contribution in [3.05, 3.63) is 34.9 Å². The number of carbonyl (C=O) groups excluding carboxylic acids is 1. The summed E-state index contributed by atoms with van der Waals surface area (Å²) in [6.45, 7) is 2.91. The lowest BCUT2D eigenvalue weighted by atomic mass is 10.1. The van der Waals surface area contributed by atoms with E-state index < -0.39 is 0 Å². The third kappa shape index (κ3) is 3.28. The Balaban J connectivity index is 0.00000133. The van der Waals surface area contributed by atoms with Gasteiger partial charge in [-0.2, -0.15) is 0 Å². The Labute approximate surface area is 120 Å². The fourth-order valence-electron chi connectivity index (χ4n) is 2.94. The van der Waals surface area contributed by atoms with Crippen molar-refractivity contribution < 1.29 is 4.79 Å². The quantitative estimate of drug-likeness (QED) is 0.888. The van der Waals surface area contributed by atoms with E-state index in [1.165, 1.54) is 30.4 Å². The Morgan fingerprint density at radius 3 is 2.95 bits per heavy atom. The summed E-state index contributed by atoms with van der Waals surface area (Å²) in [5.74, 6) is 0.681. The fraction of sp³-hybridized carbons (Fsp3) is 0.533. The van der Waals surface area contributed by atoms with Crippen molar-refractivity contribution in [2.45, 2.75) is 25.7 Å². The molecule has 1 aliphatic carbocycles. The number of amides is 1. The maximum Gasteiger partial charge on any atom is 0.251 e. The van der Waals surface area contributed by atoms with Crippen molar-refractivity contribution in [3.63, 3.8) is 0 Å². The van der Waals surface area contributed by atoms with Crippen LogP contribution in [0.5, 0.6) is 0 Å². The second-order valence-electron chi connectivity index (χ2n) is 5.41. The molecule has 1 aromatic rings. The van der Waals surface area contributed by atoms with Gasteiger partial charge in [-0.1, -0.05) is 6.07 Å². The van der Waals surface area contributed by atoms with E-state index in [4.69, 9.17) is 0 Å². The first-order valence-corrected chi connectivity index (χ1v) is 6.93. The molecule has 1 fully saturated rings. The van der Waals surface area contributed by atoms with E-state index in [-0.39, 0.29) is 18.3 Å². The fourth-order valence-corrected chi connectivity index (χ4v) is 2.94. The minimum Gasteiger partial charge on any atom is -0.352 e. The summed E-state index contributed by atoms with van der Waals surface area (Å²) in [6.07, 6.45) is 4.70. The number of fused-ring (bicyclic) bond motifs is 1. The second-order valence-corrected chi connectivity index (χ2v) is 5.41. The Morgan fingerprint density at radius 2 is 2.16 bits per heavy atom. The van der Waals surface area contributed by atoms with Crippen LogP contribution in [0.4, 0.5) is 0 Å². The van der Waals surface area contributed by atoms with Gasteiger partial charge in [-0.25, -0.2) is 0 Å². The summed E-state index contributed by atoms with van der Waals surface area (Å²) >= 11 is 0. The van der Waals surface area contributed by atoms with E-state index in [9.17, 15) is 4.79 Å². The first-order valence-electron chi connectivity index (χ1n) is 6.93. The van der Waals surface area contributed by atoms with Gasteiger partial charge in [-0.15, -0.1) is 12.4 Å². The van der Waals surface area contributed by atoms with Gasteiger partial charge in [0, 0.05) is 12.1 Å². The third-order valence-electron chi connectivity index (χ3n) is 4.07. The van der Waals surface area contributed by atoms with Crippen LogP contribution in [-0.4, -0.2) is 25.5 Å². The predicted molar refractivity (Wildman–Crippen MR) is 79.0 cm³/mol. The number of hydrogen-bond acceptors (Lipinski definition) is 2. The van der Waals surface area contributed by atoms with E-state index in [0.717, 1.165) is 31.6 Å². The number of halogens is 1. The Hall–Kier alpha value is -1.06. The molecule has 0 bridgehead atoms. The van der Waals surface area contributed by atoms with Crippen molar-refractivity contribution >= 4 is 18.3 Å². The van der Waals surface area contributed by atoms with Crippen LogP contribution in [0.3, 0.4) is 0 Å². The van der Waals surface area contributed by atoms with Gasteiger partial charge in [-0.05, 0) is 68.0 Å². The van der Waals surface area contributed by atoms with Crippen molar-refractivity contribution in [1.29, 1.82) is 0 Å². The first-order chi connectivity index (χ1) is 8.83. The van der Waals surface area contributed by atoms with Crippen LogP contribution in [0.1, 0.15) is 34.3 Å². The highest BCUT2D eigenvalue weighted by Gasteiger charge is 2.17. The lowest BCUT2D eigenvalue weighted by Crippen LogP contribution is -2.30. The maximum absolute atomic E-state index is 12.1. The van der Waals surface area contributed by atoms with Crippen LogP contribution in [0, 0.1) is 5.92 Å². The summed E-state index contributed by atoms with van der Waals surface area (Å²) < 4.78 is 0. The van der Waals surface area contributed by atoms with Crippen LogP contribution in [-0.2, 0) is 12.8 Å². The molecule has 0 saturated carbocycles. The molecular weight excluding hydrogens is 260 g/mol. The molecule has 19 heavy (non-hydrogen) atoms. The molecule has 1 saturated heterocycles. The van der Waals surface area contributed by atoms with Gasteiger partial charge in [0.2, 0.25) is 0 Å². The van der Waals surface area contributed by atoms with Gasteiger partial charge in [0.1, 0.15) is 0 Å². The summed E-state index contributed by atoms with van der Waals surface area (Å²) in [5, 5.41) is 6.37. The van der Waals surface area contributed by atoms with E-state index in [0.29, 0.717) is 5.92 Å². The minimum absolute atomic E-state index is 0. The predicted octanol–water partition coefficient (Wildman–Crippen LogP) is 1.94. The number of carbonyl (C=O) groups is 1.